The van der Waals surface area contributed by atoms with Gasteiger partial charge < -0.3 is 10.5 Å². The van der Waals surface area contributed by atoms with E-state index < -0.39 is 23.7 Å². The Morgan fingerprint density at radius 1 is 1.12 bits per heavy atom. The minimum absolute atomic E-state index is 0.232. The second-order valence-corrected chi connectivity index (χ2v) is 5.38. The molecule has 2 aromatic rings. The number of carbonyl (C=O) groups excluding carboxylic acids is 1. The number of ether oxygens (including phenoxy) is 1. The standard InChI is InChI=1S/C16H13F3N2O3/c17-16(18,19)10-1-3-11(4-2-10)24-12-5-6-14-9(7-12)8-13(20)15(22)21(14)23/h1-7,13,23H,8,20H2. The van der Waals surface area contributed by atoms with Gasteiger partial charge in [-0.25, -0.2) is 0 Å². The Kier molecular flexibility index (Phi) is 3.94. The molecule has 2 aromatic carbocycles. The van der Waals surface area contributed by atoms with Crippen molar-refractivity contribution in [2.24, 2.45) is 5.73 Å². The molecule has 1 aliphatic rings. The number of anilines is 1. The number of nitrogens with two attached hydrogens (primary N) is 1. The summed E-state index contributed by atoms with van der Waals surface area (Å²) in [6, 6.07) is 8.01. The molecular weight excluding hydrogens is 325 g/mol. The first-order chi connectivity index (χ1) is 11.3. The van der Waals surface area contributed by atoms with Crippen molar-refractivity contribution in [2.45, 2.75) is 18.6 Å². The van der Waals surface area contributed by atoms with E-state index in [4.69, 9.17) is 10.5 Å². The van der Waals surface area contributed by atoms with Crippen molar-refractivity contribution in [3.05, 3.63) is 53.6 Å². The van der Waals surface area contributed by atoms with Crippen LogP contribution in [-0.2, 0) is 17.4 Å². The fourth-order valence-electron chi connectivity index (χ4n) is 2.44. The van der Waals surface area contributed by atoms with E-state index in [0.29, 0.717) is 22.1 Å². The average molecular weight is 338 g/mol. The van der Waals surface area contributed by atoms with Crippen LogP contribution in [0, 0.1) is 0 Å². The molecule has 1 amide bonds. The first kappa shape index (κ1) is 16.3. The van der Waals surface area contributed by atoms with E-state index in [1.807, 2.05) is 0 Å². The van der Waals surface area contributed by atoms with E-state index in [0.717, 1.165) is 12.1 Å². The highest BCUT2D eigenvalue weighted by Gasteiger charge is 2.31. The molecule has 0 bridgehead atoms. The lowest BCUT2D eigenvalue weighted by molar-refractivity contribution is -0.137. The summed E-state index contributed by atoms with van der Waals surface area (Å²) in [7, 11) is 0. The first-order valence-corrected chi connectivity index (χ1v) is 7.02. The Bertz CT molecular complexity index is 775. The van der Waals surface area contributed by atoms with Crippen molar-refractivity contribution >= 4 is 11.6 Å². The molecule has 1 unspecified atom stereocenters. The summed E-state index contributed by atoms with van der Waals surface area (Å²) in [5.74, 6) is 0.00218. The van der Waals surface area contributed by atoms with Crippen LogP contribution in [0.3, 0.4) is 0 Å². The molecule has 5 nitrogen and oxygen atoms in total. The van der Waals surface area contributed by atoms with Gasteiger partial charge in [0, 0.05) is 0 Å². The highest BCUT2D eigenvalue weighted by molar-refractivity contribution is 5.98. The second kappa shape index (κ2) is 5.81. The number of benzene rings is 2. The molecule has 0 fully saturated rings. The maximum Gasteiger partial charge on any atom is 0.416 e. The van der Waals surface area contributed by atoms with Crippen molar-refractivity contribution in [3.63, 3.8) is 0 Å². The molecule has 126 valence electrons. The molecule has 0 radical (unpaired) electrons. The van der Waals surface area contributed by atoms with Gasteiger partial charge in [0.15, 0.2) is 0 Å². The van der Waals surface area contributed by atoms with Gasteiger partial charge in [-0.3, -0.25) is 10.0 Å². The minimum Gasteiger partial charge on any atom is -0.457 e. The van der Waals surface area contributed by atoms with E-state index in [-0.39, 0.29) is 12.2 Å². The van der Waals surface area contributed by atoms with Gasteiger partial charge in [-0.15, -0.1) is 0 Å². The molecule has 1 atom stereocenters. The molecule has 1 aliphatic heterocycles. The van der Waals surface area contributed by atoms with Gasteiger partial charge in [-0.1, -0.05) is 0 Å². The van der Waals surface area contributed by atoms with Crippen LogP contribution in [0.4, 0.5) is 18.9 Å². The van der Waals surface area contributed by atoms with Crippen LogP contribution < -0.4 is 15.5 Å². The van der Waals surface area contributed by atoms with Gasteiger partial charge in [0.25, 0.3) is 5.91 Å². The molecule has 0 spiro atoms. The number of nitrogens with zero attached hydrogens (tertiary/aromatic N) is 1. The van der Waals surface area contributed by atoms with E-state index in [9.17, 15) is 23.2 Å². The lowest BCUT2D eigenvalue weighted by atomic mass is 9.99. The Morgan fingerprint density at radius 2 is 1.75 bits per heavy atom. The number of hydrogen-bond acceptors (Lipinski definition) is 4. The third-order valence-corrected chi connectivity index (χ3v) is 3.66. The Morgan fingerprint density at radius 3 is 2.38 bits per heavy atom. The predicted octanol–water partition coefficient (Wildman–Crippen LogP) is 3.10. The maximum atomic E-state index is 12.5. The summed E-state index contributed by atoms with van der Waals surface area (Å²) in [4.78, 5) is 11.6. The summed E-state index contributed by atoms with van der Waals surface area (Å²) in [6.45, 7) is 0. The quantitative estimate of drug-likeness (QED) is 0.825. The number of halogens is 3. The minimum atomic E-state index is -4.41. The van der Waals surface area contributed by atoms with Crippen molar-refractivity contribution < 1.29 is 27.9 Å². The molecule has 8 heteroatoms. The molecule has 0 saturated heterocycles. The summed E-state index contributed by atoms with van der Waals surface area (Å²) in [5.41, 5.74) is 5.79. The highest BCUT2D eigenvalue weighted by atomic mass is 19.4. The summed E-state index contributed by atoms with van der Waals surface area (Å²) < 4.78 is 43.1. The van der Waals surface area contributed by atoms with E-state index in [1.165, 1.54) is 24.3 Å². The topological polar surface area (TPSA) is 75.8 Å². The second-order valence-electron chi connectivity index (χ2n) is 5.38. The zero-order valence-electron chi connectivity index (χ0n) is 12.2. The fraction of sp³-hybridized carbons (Fsp3) is 0.188. The molecule has 3 rings (SSSR count). The SMILES string of the molecule is NC1Cc2cc(Oc3ccc(C(F)(F)F)cc3)ccc2N(O)C1=O. The predicted molar refractivity (Wildman–Crippen MR) is 78.9 cm³/mol. The van der Waals surface area contributed by atoms with Gasteiger partial charge in [0.1, 0.15) is 11.5 Å². The normalized spacial score (nSPS) is 17.6. The van der Waals surface area contributed by atoms with Crippen molar-refractivity contribution in [2.75, 3.05) is 5.06 Å². The van der Waals surface area contributed by atoms with Crippen LogP contribution >= 0.6 is 0 Å². The Balaban J connectivity index is 1.82. The molecule has 1 heterocycles. The summed E-state index contributed by atoms with van der Waals surface area (Å²) in [6.07, 6.45) is -4.17. The lowest BCUT2D eigenvalue weighted by Crippen LogP contribution is -2.47. The number of alkyl halides is 3. The molecule has 3 N–H and O–H groups in total. The largest absolute Gasteiger partial charge is 0.457 e. The third kappa shape index (κ3) is 3.06. The average Bonchev–Trinajstić information content (AvgIpc) is 2.52. The number of amides is 1. The number of fused-ring (bicyclic) bond motifs is 1. The Labute approximate surface area is 135 Å². The third-order valence-electron chi connectivity index (χ3n) is 3.66. The van der Waals surface area contributed by atoms with Gasteiger partial charge in [0.05, 0.1) is 17.3 Å². The van der Waals surface area contributed by atoms with E-state index in [1.54, 1.807) is 6.07 Å². The van der Waals surface area contributed by atoms with Crippen LogP contribution in [0.25, 0.3) is 0 Å². The molecule has 24 heavy (non-hydrogen) atoms. The molecule has 0 aliphatic carbocycles. The van der Waals surface area contributed by atoms with Crippen molar-refractivity contribution in [1.29, 1.82) is 0 Å². The van der Waals surface area contributed by atoms with E-state index in [2.05, 4.69) is 0 Å². The van der Waals surface area contributed by atoms with E-state index >= 15 is 0 Å². The molecular formula is C16H13F3N2O3. The Hall–Kier alpha value is -2.58. The van der Waals surface area contributed by atoms with Gasteiger partial charge in [0.2, 0.25) is 0 Å². The number of hydrogen-bond donors (Lipinski definition) is 2. The van der Waals surface area contributed by atoms with Gasteiger partial charge >= 0.3 is 6.18 Å². The fourth-order valence-corrected chi connectivity index (χ4v) is 2.44. The lowest BCUT2D eigenvalue weighted by Gasteiger charge is -2.27. The summed E-state index contributed by atoms with van der Waals surface area (Å²) in [5, 5.41) is 10.2. The zero-order valence-corrected chi connectivity index (χ0v) is 12.2. The van der Waals surface area contributed by atoms with Crippen LogP contribution in [0.15, 0.2) is 42.5 Å². The van der Waals surface area contributed by atoms with Crippen molar-refractivity contribution in [3.8, 4) is 11.5 Å². The molecule has 0 aromatic heterocycles. The van der Waals surface area contributed by atoms with Crippen LogP contribution in [-0.4, -0.2) is 17.2 Å². The first-order valence-electron chi connectivity index (χ1n) is 7.02. The van der Waals surface area contributed by atoms with Gasteiger partial charge in [-0.05, 0) is 54.4 Å². The number of carbonyl (C=O) groups is 1. The van der Waals surface area contributed by atoms with Crippen molar-refractivity contribution in [1.82, 2.24) is 0 Å². The maximum absolute atomic E-state index is 12.5. The van der Waals surface area contributed by atoms with Crippen LogP contribution in [0.5, 0.6) is 11.5 Å². The van der Waals surface area contributed by atoms with Gasteiger partial charge in [-0.2, -0.15) is 18.2 Å². The monoisotopic (exact) mass is 338 g/mol. The smallest absolute Gasteiger partial charge is 0.416 e. The van der Waals surface area contributed by atoms with Crippen LogP contribution in [0.1, 0.15) is 11.1 Å². The van der Waals surface area contributed by atoms with Crippen LogP contribution in [0.2, 0.25) is 0 Å². The molecule has 0 saturated carbocycles. The summed E-state index contributed by atoms with van der Waals surface area (Å²) >= 11 is 0. The number of rotatable bonds is 2. The zero-order chi connectivity index (χ0) is 17.5. The number of hydroxylamine groups is 1. The highest BCUT2D eigenvalue weighted by Crippen LogP contribution is 2.33.